The number of nitrogens with zero attached hydrogens (tertiary/aromatic N) is 4. The van der Waals surface area contributed by atoms with Crippen LogP contribution in [-0.4, -0.2) is 38.3 Å². The quantitative estimate of drug-likeness (QED) is 0.840. The third-order valence-corrected chi connectivity index (χ3v) is 4.22. The number of tetrazole rings is 1. The van der Waals surface area contributed by atoms with Gasteiger partial charge in [0.2, 0.25) is 0 Å². The highest BCUT2D eigenvalue weighted by molar-refractivity contribution is 7.99. The average Bonchev–Trinajstić information content (AvgIpc) is 2.94. The Labute approximate surface area is 100 Å². The molecular formula is C10H19N5S. The summed E-state index contributed by atoms with van der Waals surface area (Å²) in [5.74, 6) is 0.966. The topological polar surface area (TPSA) is 55.6 Å². The fourth-order valence-electron chi connectivity index (χ4n) is 2.20. The van der Waals surface area contributed by atoms with Crippen molar-refractivity contribution in [3.05, 3.63) is 5.82 Å². The SMILES string of the molecule is CCNCc1nnnn1C1CCC(SC)C1. The molecule has 0 aliphatic heterocycles. The van der Waals surface area contributed by atoms with E-state index in [0.717, 1.165) is 24.2 Å². The molecule has 0 bridgehead atoms. The third-order valence-electron chi connectivity index (χ3n) is 3.13. The minimum Gasteiger partial charge on any atom is -0.310 e. The monoisotopic (exact) mass is 241 g/mol. The molecule has 0 amide bonds. The van der Waals surface area contributed by atoms with E-state index in [2.05, 4.69) is 34.0 Å². The van der Waals surface area contributed by atoms with Crippen molar-refractivity contribution in [2.75, 3.05) is 12.8 Å². The summed E-state index contributed by atoms with van der Waals surface area (Å²) in [6, 6.07) is 0.501. The maximum Gasteiger partial charge on any atom is 0.165 e. The molecule has 1 aliphatic rings. The number of hydrogen-bond donors (Lipinski definition) is 1. The molecule has 0 spiro atoms. The molecule has 90 valence electrons. The first kappa shape index (κ1) is 11.9. The number of aromatic nitrogens is 4. The van der Waals surface area contributed by atoms with E-state index < -0.39 is 0 Å². The average molecular weight is 241 g/mol. The Morgan fingerprint density at radius 3 is 3.06 bits per heavy atom. The van der Waals surface area contributed by atoms with Crippen LogP contribution in [0.2, 0.25) is 0 Å². The summed E-state index contributed by atoms with van der Waals surface area (Å²) >= 11 is 1.96. The van der Waals surface area contributed by atoms with Gasteiger partial charge in [0, 0.05) is 5.25 Å². The van der Waals surface area contributed by atoms with Crippen LogP contribution >= 0.6 is 11.8 Å². The summed E-state index contributed by atoms with van der Waals surface area (Å²) in [7, 11) is 0. The van der Waals surface area contributed by atoms with Gasteiger partial charge >= 0.3 is 0 Å². The van der Waals surface area contributed by atoms with Crippen molar-refractivity contribution < 1.29 is 0 Å². The van der Waals surface area contributed by atoms with E-state index in [1.165, 1.54) is 19.3 Å². The predicted octanol–water partition coefficient (Wildman–Crippen LogP) is 1.24. The number of rotatable bonds is 5. The fraction of sp³-hybridized carbons (Fsp3) is 0.900. The van der Waals surface area contributed by atoms with Gasteiger partial charge < -0.3 is 5.32 Å². The second kappa shape index (κ2) is 5.63. The summed E-state index contributed by atoms with van der Waals surface area (Å²) in [5.41, 5.74) is 0. The van der Waals surface area contributed by atoms with Gasteiger partial charge in [-0.15, -0.1) is 5.10 Å². The first-order valence-corrected chi connectivity index (χ1v) is 7.14. The Morgan fingerprint density at radius 1 is 1.50 bits per heavy atom. The van der Waals surface area contributed by atoms with E-state index >= 15 is 0 Å². The second-order valence-corrected chi connectivity index (χ2v) is 5.28. The molecule has 2 unspecified atom stereocenters. The number of thioether (sulfide) groups is 1. The van der Waals surface area contributed by atoms with Gasteiger partial charge in [-0.2, -0.15) is 11.8 Å². The Balaban J connectivity index is 2.00. The minimum atomic E-state index is 0.501. The lowest BCUT2D eigenvalue weighted by molar-refractivity contribution is 0.432. The van der Waals surface area contributed by atoms with Crippen LogP contribution in [0.15, 0.2) is 0 Å². The molecule has 6 heteroatoms. The van der Waals surface area contributed by atoms with Gasteiger partial charge in [-0.1, -0.05) is 6.92 Å². The normalized spacial score (nSPS) is 25.1. The zero-order valence-corrected chi connectivity index (χ0v) is 10.7. The van der Waals surface area contributed by atoms with E-state index in [1.807, 2.05) is 16.4 Å². The van der Waals surface area contributed by atoms with Gasteiger partial charge in [0.05, 0.1) is 12.6 Å². The van der Waals surface area contributed by atoms with Crippen LogP contribution in [0, 0.1) is 0 Å². The summed E-state index contributed by atoms with van der Waals surface area (Å²) < 4.78 is 2.01. The molecule has 5 nitrogen and oxygen atoms in total. The highest BCUT2D eigenvalue weighted by Crippen LogP contribution is 2.35. The predicted molar refractivity (Wildman–Crippen MR) is 65.4 cm³/mol. The van der Waals surface area contributed by atoms with Crippen molar-refractivity contribution in [3.63, 3.8) is 0 Å². The van der Waals surface area contributed by atoms with Crippen molar-refractivity contribution in [2.24, 2.45) is 0 Å². The summed E-state index contributed by atoms with van der Waals surface area (Å²) in [4.78, 5) is 0. The highest BCUT2D eigenvalue weighted by atomic mass is 32.2. The Bertz CT molecular complexity index is 327. The lowest BCUT2D eigenvalue weighted by Gasteiger charge is -2.12. The lowest BCUT2D eigenvalue weighted by Crippen LogP contribution is -2.19. The molecule has 2 rings (SSSR count). The minimum absolute atomic E-state index is 0.501. The molecule has 0 radical (unpaired) electrons. The summed E-state index contributed by atoms with van der Waals surface area (Å²) in [6.07, 6.45) is 5.87. The van der Waals surface area contributed by atoms with Gasteiger partial charge in [-0.3, -0.25) is 0 Å². The van der Waals surface area contributed by atoms with E-state index in [9.17, 15) is 0 Å². The molecular weight excluding hydrogens is 222 g/mol. The van der Waals surface area contributed by atoms with Crippen LogP contribution in [0.25, 0.3) is 0 Å². The summed E-state index contributed by atoms with van der Waals surface area (Å²) in [5, 5.41) is 16.0. The summed E-state index contributed by atoms with van der Waals surface area (Å²) in [6.45, 7) is 3.81. The molecule has 1 heterocycles. The van der Waals surface area contributed by atoms with Crippen molar-refractivity contribution in [3.8, 4) is 0 Å². The maximum absolute atomic E-state index is 4.13. The number of nitrogens with one attached hydrogen (secondary N) is 1. The van der Waals surface area contributed by atoms with Crippen molar-refractivity contribution in [2.45, 2.75) is 44.0 Å². The molecule has 1 N–H and O–H groups in total. The van der Waals surface area contributed by atoms with Crippen LogP contribution in [0.3, 0.4) is 0 Å². The zero-order valence-electron chi connectivity index (χ0n) is 9.89. The van der Waals surface area contributed by atoms with Gasteiger partial charge in [-0.05, 0) is 42.5 Å². The maximum atomic E-state index is 4.13. The molecule has 1 aromatic heterocycles. The zero-order chi connectivity index (χ0) is 11.4. The first-order valence-electron chi connectivity index (χ1n) is 5.85. The molecule has 1 aliphatic carbocycles. The smallest absolute Gasteiger partial charge is 0.165 e. The Morgan fingerprint density at radius 2 is 2.38 bits per heavy atom. The van der Waals surface area contributed by atoms with Crippen LogP contribution in [0.5, 0.6) is 0 Å². The van der Waals surface area contributed by atoms with E-state index in [0.29, 0.717) is 6.04 Å². The fourth-order valence-corrected chi connectivity index (χ4v) is 2.99. The van der Waals surface area contributed by atoms with Crippen LogP contribution < -0.4 is 5.32 Å². The molecule has 0 saturated heterocycles. The van der Waals surface area contributed by atoms with Crippen molar-refractivity contribution in [1.29, 1.82) is 0 Å². The van der Waals surface area contributed by atoms with E-state index in [-0.39, 0.29) is 0 Å². The molecule has 1 aromatic rings. The molecule has 0 aromatic carbocycles. The Hall–Kier alpha value is -0.620. The van der Waals surface area contributed by atoms with Crippen molar-refractivity contribution in [1.82, 2.24) is 25.5 Å². The molecule has 2 atom stereocenters. The van der Waals surface area contributed by atoms with E-state index in [4.69, 9.17) is 0 Å². The van der Waals surface area contributed by atoms with Crippen molar-refractivity contribution >= 4 is 11.8 Å². The third kappa shape index (κ3) is 2.55. The molecule has 16 heavy (non-hydrogen) atoms. The van der Waals surface area contributed by atoms with Crippen LogP contribution in [0.1, 0.15) is 38.1 Å². The standard InChI is InChI=1S/C10H19N5S/c1-3-11-7-10-12-13-14-15(10)8-4-5-9(6-8)16-2/h8-9,11H,3-7H2,1-2H3. The Kier molecular flexibility index (Phi) is 4.17. The highest BCUT2D eigenvalue weighted by Gasteiger charge is 2.27. The van der Waals surface area contributed by atoms with Crippen LogP contribution in [-0.2, 0) is 6.54 Å². The van der Waals surface area contributed by atoms with Gasteiger partial charge in [0.15, 0.2) is 5.82 Å². The van der Waals surface area contributed by atoms with Crippen LogP contribution in [0.4, 0.5) is 0 Å². The van der Waals surface area contributed by atoms with Gasteiger partial charge in [0.1, 0.15) is 0 Å². The number of hydrogen-bond acceptors (Lipinski definition) is 5. The molecule has 1 saturated carbocycles. The molecule has 1 fully saturated rings. The first-order chi connectivity index (χ1) is 7.85. The van der Waals surface area contributed by atoms with E-state index in [1.54, 1.807) is 0 Å². The van der Waals surface area contributed by atoms with Gasteiger partial charge in [0.25, 0.3) is 0 Å². The van der Waals surface area contributed by atoms with Gasteiger partial charge in [-0.25, -0.2) is 4.68 Å². The lowest BCUT2D eigenvalue weighted by atomic mass is 10.2. The largest absolute Gasteiger partial charge is 0.310 e. The second-order valence-electron chi connectivity index (χ2n) is 4.14.